The van der Waals surface area contributed by atoms with Gasteiger partial charge in [0, 0.05) is 5.69 Å². The van der Waals surface area contributed by atoms with Gasteiger partial charge in [0.25, 0.3) is 0 Å². The molecule has 3 rings (SSSR count). The Morgan fingerprint density at radius 1 is 1.04 bits per heavy atom. The van der Waals surface area contributed by atoms with E-state index < -0.39 is 0 Å². The SMILES string of the molecule is C=Cc1[nH]c(C=NC2=CC(=C)/C(=N\c3ccc(N=C)cc3C)C=C2)c(C)c1C. The first kappa shape index (κ1) is 19.2. The van der Waals surface area contributed by atoms with Crippen molar-refractivity contribution in [1.82, 2.24) is 4.98 Å². The lowest BCUT2D eigenvalue weighted by molar-refractivity contribution is 1.31. The zero-order valence-corrected chi connectivity index (χ0v) is 16.6. The predicted molar refractivity (Wildman–Crippen MR) is 122 cm³/mol. The summed E-state index contributed by atoms with van der Waals surface area (Å²) in [6.07, 6.45) is 9.48. The molecule has 1 N–H and O–H groups in total. The zero-order chi connectivity index (χ0) is 20.3. The highest BCUT2D eigenvalue weighted by Gasteiger charge is 2.09. The Bertz CT molecular complexity index is 1090. The van der Waals surface area contributed by atoms with Crippen LogP contribution in [0, 0.1) is 20.8 Å². The molecular formula is C24H24N4. The molecular weight excluding hydrogens is 344 g/mol. The van der Waals surface area contributed by atoms with Gasteiger partial charge in [-0.3, -0.25) is 9.98 Å². The van der Waals surface area contributed by atoms with Crippen molar-refractivity contribution in [3.05, 3.63) is 88.9 Å². The number of hydrogen-bond acceptors (Lipinski definition) is 3. The predicted octanol–water partition coefficient (Wildman–Crippen LogP) is 6.12. The highest BCUT2D eigenvalue weighted by Crippen LogP contribution is 2.26. The summed E-state index contributed by atoms with van der Waals surface area (Å²) in [4.78, 5) is 16.6. The molecule has 0 atom stereocenters. The monoisotopic (exact) mass is 368 g/mol. The number of nitrogens with one attached hydrogen (secondary N) is 1. The minimum atomic E-state index is 0.821. The Morgan fingerprint density at radius 3 is 2.39 bits per heavy atom. The molecule has 1 aromatic heterocycles. The fraction of sp³-hybridized carbons (Fsp3) is 0.125. The van der Waals surface area contributed by atoms with Gasteiger partial charge in [-0.1, -0.05) is 13.2 Å². The lowest BCUT2D eigenvalue weighted by Gasteiger charge is -2.09. The Labute approximate surface area is 166 Å². The Balaban J connectivity index is 1.81. The summed E-state index contributed by atoms with van der Waals surface area (Å²) in [6, 6.07) is 5.81. The Kier molecular flexibility index (Phi) is 5.50. The second-order valence-electron chi connectivity index (χ2n) is 6.72. The van der Waals surface area contributed by atoms with Gasteiger partial charge < -0.3 is 4.98 Å². The van der Waals surface area contributed by atoms with Crippen LogP contribution in [-0.2, 0) is 0 Å². The maximum absolute atomic E-state index is 4.72. The van der Waals surface area contributed by atoms with Crippen LogP contribution >= 0.6 is 0 Å². The van der Waals surface area contributed by atoms with Crippen molar-refractivity contribution in [3.63, 3.8) is 0 Å². The molecule has 0 unspecified atom stereocenters. The van der Waals surface area contributed by atoms with Crippen molar-refractivity contribution in [1.29, 1.82) is 0 Å². The van der Waals surface area contributed by atoms with E-state index in [9.17, 15) is 0 Å². The normalized spacial score (nSPS) is 15.3. The maximum Gasteiger partial charge on any atom is 0.0704 e. The molecule has 4 heteroatoms. The van der Waals surface area contributed by atoms with Gasteiger partial charge in [-0.05, 0) is 92.3 Å². The molecule has 0 amide bonds. The van der Waals surface area contributed by atoms with E-state index in [0.717, 1.165) is 45.3 Å². The van der Waals surface area contributed by atoms with E-state index in [-0.39, 0.29) is 0 Å². The lowest BCUT2D eigenvalue weighted by atomic mass is 10.0. The average Bonchev–Trinajstić information content (AvgIpc) is 2.97. The summed E-state index contributed by atoms with van der Waals surface area (Å²) in [5.74, 6) is 0. The molecule has 2 aromatic rings. The van der Waals surface area contributed by atoms with Gasteiger partial charge in [0.1, 0.15) is 0 Å². The van der Waals surface area contributed by atoms with Gasteiger partial charge in [-0.2, -0.15) is 0 Å². The standard InChI is InChI=1S/C24H24N4/c1-7-21-17(4)18(5)24(27-21)14-26-20-9-11-23(16(3)13-20)28-22-10-8-19(25-6)12-15(22)2/h7-14,27H,1,3,6H2,2,4-5H3/b26-14?,28-23-. The Morgan fingerprint density at radius 2 is 1.79 bits per heavy atom. The van der Waals surface area contributed by atoms with Gasteiger partial charge in [0.15, 0.2) is 0 Å². The molecule has 1 aliphatic carbocycles. The maximum atomic E-state index is 4.72. The second kappa shape index (κ2) is 8.01. The van der Waals surface area contributed by atoms with Crippen LogP contribution in [-0.4, -0.2) is 23.6 Å². The van der Waals surface area contributed by atoms with Crippen LogP contribution in [0.4, 0.5) is 11.4 Å². The quantitative estimate of drug-likeness (QED) is 0.619. The van der Waals surface area contributed by atoms with Gasteiger partial charge in [-0.25, -0.2) is 4.99 Å². The molecule has 4 nitrogen and oxygen atoms in total. The molecule has 0 fully saturated rings. The third-order valence-electron chi connectivity index (χ3n) is 4.85. The Hall–Kier alpha value is -3.53. The minimum absolute atomic E-state index is 0.821. The number of H-pyrrole nitrogens is 1. The third-order valence-corrected chi connectivity index (χ3v) is 4.85. The lowest BCUT2D eigenvalue weighted by Crippen LogP contribution is -2.01. The molecule has 0 saturated heterocycles. The summed E-state index contributed by atoms with van der Waals surface area (Å²) in [6.45, 7) is 17.7. The molecule has 140 valence electrons. The van der Waals surface area contributed by atoms with Gasteiger partial charge >= 0.3 is 0 Å². The smallest absolute Gasteiger partial charge is 0.0704 e. The van der Waals surface area contributed by atoms with Gasteiger partial charge in [0.05, 0.1) is 34.7 Å². The van der Waals surface area contributed by atoms with Crippen LogP contribution in [0.25, 0.3) is 6.08 Å². The largest absolute Gasteiger partial charge is 0.354 e. The first-order valence-electron chi connectivity index (χ1n) is 9.03. The van der Waals surface area contributed by atoms with Crippen LogP contribution in [0.1, 0.15) is 28.1 Å². The summed E-state index contributed by atoms with van der Waals surface area (Å²) in [5.41, 5.74) is 9.63. The van der Waals surface area contributed by atoms with E-state index in [0.29, 0.717) is 0 Å². The van der Waals surface area contributed by atoms with E-state index in [1.165, 1.54) is 11.1 Å². The van der Waals surface area contributed by atoms with E-state index in [2.05, 4.69) is 48.7 Å². The van der Waals surface area contributed by atoms with Crippen molar-refractivity contribution in [2.75, 3.05) is 0 Å². The third kappa shape index (κ3) is 3.91. The number of nitrogens with zero attached hydrogens (tertiary/aromatic N) is 3. The average molecular weight is 368 g/mol. The molecule has 1 heterocycles. The number of aliphatic imine (C=N–C) groups is 3. The molecule has 0 aliphatic heterocycles. The number of aromatic amines is 1. The molecule has 1 aromatic carbocycles. The highest BCUT2D eigenvalue weighted by molar-refractivity contribution is 6.12. The van der Waals surface area contributed by atoms with E-state index >= 15 is 0 Å². The molecule has 1 aliphatic rings. The molecule has 28 heavy (non-hydrogen) atoms. The van der Waals surface area contributed by atoms with Gasteiger partial charge in [-0.15, -0.1) is 0 Å². The van der Waals surface area contributed by atoms with Crippen LogP contribution in [0.15, 0.2) is 75.8 Å². The van der Waals surface area contributed by atoms with Gasteiger partial charge in [0.2, 0.25) is 0 Å². The van der Waals surface area contributed by atoms with Crippen molar-refractivity contribution in [2.45, 2.75) is 20.8 Å². The van der Waals surface area contributed by atoms with Crippen LogP contribution in [0.5, 0.6) is 0 Å². The van der Waals surface area contributed by atoms with Crippen molar-refractivity contribution >= 4 is 36.1 Å². The van der Waals surface area contributed by atoms with E-state index in [1.807, 2.05) is 55.6 Å². The fourth-order valence-electron chi connectivity index (χ4n) is 2.96. The highest BCUT2D eigenvalue weighted by atomic mass is 14.8. The number of allylic oxidation sites excluding steroid dienone is 4. The number of aryl methyl sites for hydroxylation is 1. The molecule has 0 spiro atoms. The summed E-state index contributed by atoms with van der Waals surface area (Å²) in [5, 5.41) is 0. The van der Waals surface area contributed by atoms with Crippen molar-refractivity contribution in [2.24, 2.45) is 15.0 Å². The van der Waals surface area contributed by atoms with Crippen molar-refractivity contribution < 1.29 is 0 Å². The number of rotatable bonds is 5. The van der Waals surface area contributed by atoms with Crippen LogP contribution in [0.2, 0.25) is 0 Å². The minimum Gasteiger partial charge on any atom is -0.354 e. The summed E-state index contributed by atoms with van der Waals surface area (Å²) >= 11 is 0. The molecule has 0 saturated carbocycles. The van der Waals surface area contributed by atoms with Crippen LogP contribution in [0.3, 0.4) is 0 Å². The summed E-state index contributed by atoms with van der Waals surface area (Å²) in [7, 11) is 0. The molecule has 0 radical (unpaired) electrons. The van der Waals surface area contributed by atoms with E-state index in [1.54, 1.807) is 0 Å². The first-order valence-corrected chi connectivity index (χ1v) is 9.03. The number of aromatic nitrogens is 1. The fourth-order valence-corrected chi connectivity index (χ4v) is 2.96. The zero-order valence-electron chi connectivity index (χ0n) is 16.6. The van der Waals surface area contributed by atoms with Crippen molar-refractivity contribution in [3.8, 4) is 0 Å². The number of benzene rings is 1. The second-order valence-corrected chi connectivity index (χ2v) is 6.72. The topological polar surface area (TPSA) is 52.9 Å². The number of hydrogen-bond donors (Lipinski definition) is 1. The molecule has 0 bridgehead atoms. The first-order chi connectivity index (χ1) is 13.4. The summed E-state index contributed by atoms with van der Waals surface area (Å²) < 4.78 is 0. The van der Waals surface area contributed by atoms with Crippen LogP contribution < -0.4 is 0 Å². The van der Waals surface area contributed by atoms with E-state index in [4.69, 9.17) is 4.99 Å².